The minimum absolute atomic E-state index is 0.0407. The molecule has 0 saturated carbocycles. The van der Waals surface area contributed by atoms with Crippen molar-refractivity contribution in [1.29, 1.82) is 0 Å². The van der Waals surface area contributed by atoms with Gasteiger partial charge in [-0.2, -0.15) is 0 Å². The van der Waals surface area contributed by atoms with Gasteiger partial charge in [-0.05, 0) is 48.5 Å². The van der Waals surface area contributed by atoms with E-state index in [2.05, 4.69) is 4.98 Å². The molecule has 4 aromatic rings. The summed E-state index contributed by atoms with van der Waals surface area (Å²) in [5.41, 5.74) is 1.43. The third-order valence-electron chi connectivity index (χ3n) is 4.80. The fraction of sp³-hybridized carbons (Fsp3) is 0.174. The Hall–Kier alpha value is -2.87. The lowest BCUT2D eigenvalue weighted by molar-refractivity contribution is 0.0928. The van der Waals surface area contributed by atoms with E-state index in [0.717, 1.165) is 5.52 Å². The molecule has 1 unspecified atom stereocenters. The number of aromatic nitrogens is 2. The van der Waals surface area contributed by atoms with E-state index in [9.17, 15) is 13.5 Å². The number of nitrogens with zero attached hydrogens (tertiary/aromatic N) is 2. The molecule has 1 aromatic heterocycles. The predicted molar refractivity (Wildman–Crippen MR) is 120 cm³/mol. The monoisotopic (exact) mass is 456 g/mol. The molecule has 0 aliphatic heterocycles. The van der Waals surface area contributed by atoms with Crippen molar-refractivity contribution in [2.45, 2.75) is 23.3 Å². The Morgan fingerprint density at radius 3 is 2.39 bits per heavy atom. The number of sulfone groups is 1. The molecule has 1 heterocycles. The molecule has 0 fully saturated rings. The van der Waals surface area contributed by atoms with Crippen LogP contribution in [-0.2, 0) is 22.1 Å². The van der Waals surface area contributed by atoms with E-state index in [1.807, 2.05) is 24.3 Å². The minimum Gasteiger partial charge on any atom is -0.491 e. The molecule has 31 heavy (non-hydrogen) atoms. The van der Waals surface area contributed by atoms with Gasteiger partial charge < -0.3 is 14.4 Å². The molecule has 0 radical (unpaired) electrons. The average molecular weight is 457 g/mol. The lowest BCUT2D eigenvalue weighted by atomic mass is 10.3. The van der Waals surface area contributed by atoms with Gasteiger partial charge in [-0.25, -0.2) is 13.4 Å². The quantitative estimate of drug-likeness (QED) is 0.431. The van der Waals surface area contributed by atoms with Crippen molar-refractivity contribution in [3.05, 3.63) is 89.7 Å². The Balaban J connectivity index is 1.57. The number of fused-ring (bicyclic) bond motifs is 1. The van der Waals surface area contributed by atoms with E-state index >= 15 is 0 Å². The van der Waals surface area contributed by atoms with Crippen LogP contribution in [0.4, 0.5) is 0 Å². The van der Waals surface area contributed by atoms with Crippen LogP contribution >= 0.6 is 11.6 Å². The molecular weight excluding hydrogens is 436 g/mol. The van der Waals surface area contributed by atoms with Crippen LogP contribution in [0.25, 0.3) is 11.0 Å². The van der Waals surface area contributed by atoms with Crippen LogP contribution in [0.1, 0.15) is 5.82 Å². The van der Waals surface area contributed by atoms with Crippen molar-refractivity contribution in [2.24, 2.45) is 0 Å². The molecular formula is C23H21ClN2O4S. The van der Waals surface area contributed by atoms with Gasteiger partial charge in [0.15, 0.2) is 9.84 Å². The Bertz CT molecular complexity index is 1270. The van der Waals surface area contributed by atoms with E-state index in [4.69, 9.17) is 16.3 Å². The number of para-hydroxylation sites is 2. The van der Waals surface area contributed by atoms with E-state index in [-0.39, 0.29) is 23.8 Å². The van der Waals surface area contributed by atoms with Gasteiger partial charge >= 0.3 is 0 Å². The molecule has 0 saturated heterocycles. The van der Waals surface area contributed by atoms with E-state index in [0.29, 0.717) is 22.1 Å². The lowest BCUT2D eigenvalue weighted by Crippen LogP contribution is -2.25. The second-order valence-corrected chi connectivity index (χ2v) is 9.54. The number of hydrogen-bond acceptors (Lipinski definition) is 5. The average Bonchev–Trinajstić information content (AvgIpc) is 3.10. The lowest BCUT2D eigenvalue weighted by Gasteiger charge is -2.16. The van der Waals surface area contributed by atoms with Crippen molar-refractivity contribution < 1.29 is 18.3 Å². The fourth-order valence-electron chi connectivity index (χ4n) is 3.31. The van der Waals surface area contributed by atoms with Crippen LogP contribution in [0.3, 0.4) is 0 Å². The number of benzene rings is 3. The summed E-state index contributed by atoms with van der Waals surface area (Å²) in [5.74, 6) is 0.692. The summed E-state index contributed by atoms with van der Waals surface area (Å²) in [6.45, 7) is 0.187. The number of ether oxygens (including phenoxy) is 1. The van der Waals surface area contributed by atoms with Gasteiger partial charge in [0.1, 0.15) is 30.0 Å². The van der Waals surface area contributed by atoms with Crippen molar-refractivity contribution in [3.63, 3.8) is 0 Å². The summed E-state index contributed by atoms with van der Waals surface area (Å²) in [4.78, 5) is 4.76. The SMILES string of the molecule is O=S(=O)(Cc1nc2ccccc2n1CC(O)COc1ccc(Cl)cc1)c1ccccc1. The Labute approximate surface area is 185 Å². The zero-order valence-corrected chi connectivity index (χ0v) is 18.1. The standard InChI is InChI=1S/C23H21ClN2O4S/c24-17-10-12-19(13-11-17)30-15-18(27)14-26-22-9-5-4-8-21(22)25-23(26)16-31(28,29)20-6-2-1-3-7-20/h1-13,18,27H,14-16H2. The number of aliphatic hydroxyl groups excluding tert-OH is 1. The van der Waals surface area contributed by atoms with E-state index in [1.54, 1.807) is 59.2 Å². The van der Waals surface area contributed by atoms with E-state index < -0.39 is 15.9 Å². The predicted octanol–water partition coefficient (Wildman–Crippen LogP) is 4.10. The maximum Gasteiger partial charge on any atom is 0.185 e. The van der Waals surface area contributed by atoms with E-state index in [1.165, 1.54) is 0 Å². The van der Waals surface area contributed by atoms with Crippen LogP contribution in [0.5, 0.6) is 5.75 Å². The van der Waals surface area contributed by atoms with Crippen LogP contribution in [-0.4, -0.2) is 35.8 Å². The first-order chi connectivity index (χ1) is 14.9. The molecule has 8 heteroatoms. The molecule has 1 atom stereocenters. The van der Waals surface area contributed by atoms with Gasteiger partial charge in [-0.1, -0.05) is 41.9 Å². The fourth-order valence-corrected chi connectivity index (χ4v) is 4.73. The number of hydrogen-bond donors (Lipinski definition) is 1. The minimum atomic E-state index is -3.59. The van der Waals surface area contributed by atoms with Crippen LogP contribution in [0.2, 0.25) is 5.02 Å². The zero-order valence-electron chi connectivity index (χ0n) is 16.6. The molecule has 3 aromatic carbocycles. The third kappa shape index (κ3) is 5.07. The number of halogens is 1. The summed E-state index contributed by atoms with van der Waals surface area (Å²) in [6, 6.07) is 22.5. The molecule has 0 spiro atoms. The molecule has 0 bridgehead atoms. The highest BCUT2D eigenvalue weighted by Crippen LogP contribution is 2.22. The van der Waals surface area contributed by atoms with Gasteiger partial charge in [0.25, 0.3) is 0 Å². The van der Waals surface area contributed by atoms with Crippen LogP contribution in [0.15, 0.2) is 83.8 Å². The summed E-state index contributed by atoms with van der Waals surface area (Å²) in [7, 11) is -3.59. The summed E-state index contributed by atoms with van der Waals surface area (Å²) >= 11 is 5.87. The normalized spacial score (nSPS) is 12.7. The second-order valence-electron chi connectivity index (χ2n) is 7.12. The topological polar surface area (TPSA) is 81.4 Å². The Kier molecular flexibility index (Phi) is 6.27. The number of rotatable bonds is 8. The third-order valence-corrected chi connectivity index (χ3v) is 6.69. The first kappa shape index (κ1) is 21.4. The highest BCUT2D eigenvalue weighted by Gasteiger charge is 2.22. The Morgan fingerprint density at radius 2 is 1.65 bits per heavy atom. The van der Waals surface area contributed by atoms with Crippen molar-refractivity contribution in [1.82, 2.24) is 9.55 Å². The maximum atomic E-state index is 12.9. The largest absolute Gasteiger partial charge is 0.491 e. The molecule has 1 N–H and O–H groups in total. The first-order valence-electron chi connectivity index (χ1n) is 9.71. The number of aliphatic hydroxyl groups is 1. The van der Waals surface area contributed by atoms with Gasteiger partial charge in [0.2, 0.25) is 0 Å². The van der Waals surface area contributed by atoms with Gasteiger partial charge in [-0.15, -0.1) is 0 Å². The first-order valence-corrected chi connectivity index (χ1v) is 11.7. The highest BCUT2D eigenvalue weighted by atomic mass is 35.5. The highest BCUT2D eigenvalue weighted by molar-refractivity contribution is 7.90. The summed E-state index contributed by atoms with van der Waals surface area (Å²) in [6.07, 6.45) is -0.869. The van der Waals surface area contributed by atoms with Crippen molar-refractivity contribution >= 4 is 32.5 Å². The number of imidazole rings is 1. The smallest absolute Gasteiger partial charge is 0.185 e. The zero-order chi connectivity index (χ0) is 21.8. The van der Waals surface area contributed by atoms with Crippen molar-refractivity contribution in [3.8, 4) is 5.75 Å². The van der Waals surface area contributed by atoms with Gasteiger partial charge in [0.05, 0.1) is 22.5 Å². The molecule has 0 aliphatic carbocycles. The summed E-state index contributed by atoms with van der Waals surface area (Å²) < 4.78 is 33.2. The maximum absolute atomic E-state index is 12.9. The molecule has 4 rings (SSSR count). The molecule has 160 valence electrons. The van der Waals surface area contributed by atoms with Gasteiger partial charge in [0, 0.05) is 5.02 Å². The molecule has 0 amide bonds. The van der Waals surface area contributed by atoms with Gasteiger partial charge in [-0.3, -0.25) is 0 Å². The second kappa shape index (κ2) is 9.09. The molecule has 0 aliphatic rings. The molecule has 6 nitrogen and oxygen atoms in total. The Morgan fingerprint density at radius 1 is 0.968 bits per heavy atom. The summed E-state index contributed by atoms with van der Waals surface area (Å²) in [5, 5.41) is 11.2. The van der Waals surface area contributed by atoms with Crippen molar-refractivity contribution in [2.75, 3.05) is 6.61 Å². The van der Waals surface area contributed by atoms with Crippen LogP contribution < -0.4 is 4.74 Å². The van der Waals surface area contributed by atoms with Crippen LogP contribution in [0, 0.1) is 0 Å².